The largest absolute Gasteiger partial charge is 0.478 e. The maximum absolute atomic E-state index is 13.5. The molecule has 1 aliphatic heterocycles. The van der Waals surface area contributed by atoms with Crippen LogP contribution in [-0.2, 0) is 4.74 Å². The molecule has 0 bridgehead atoms. The molecule has 0 aliphatic carbocycles. The Kier molecular flexibility index (Phi) is 4.24. The Morgan fingerprint density at radius 3 is 2.80 bits per heavy atom. The molecule has 8 heteroatoms. The zero-order chi connectivity index (χ0) is 14.9. The molecule has 20 heavy (non-hydrogen) atoms. The van der Waals surface area contributed by atoms with Crippen molar-refractivity contribution in [2.45, 2.75) is 29.6 Å². The normalized spacial score (nSPS) is 21.9. The van der Waals surface area contributed by atoms with Crippen LogP contribution in [0.2, 0.25) is 0 Å². The van der Waals surface area contributed by atoms with Gasteiger partial charge in [0, 0.05) is 11.9 Å². The molecule has 0 spiro atoms. The zero-order valence-corrected chi connectivity index (χ0v) is 11.4. The van der Waals surface area contributed by atoms with Crippen molar-refractivity contribution in [2.24, 2.45) is 0 Å². The van der Waals surface area contributed by atoms with E-state index >= 15 is 0 Å². The van der Waals surface area contributed by atoms with Gasteiger partial charge in [0.1, 0.15) is 5.82 Å². The van der Waals surface area contributed by atoms with E-state index in [4.69, 9.17) is 9.84 Å². The first-order chi connectivity index (χ1) is 9.40. The van der Waals surface area contributed by atoms with Crippen LogP contribution in [0.15, 0.2) is 17.0 Å². The fourth-order valence-corrected chi connectivity index (χ4v) is 3.22. The molecule has 1 aromatic rings. The highest BCUT2D eigenvalue weighted by atomic mass is 32.2. The van der Waals surface area contributed by atoms with Gasteiger partial charge in [0.2, 0.25) is 0 Å². The number of benzene rings is 1. The number of nitro benzene ring substituents is 1. The van der Waals surface area contributed by atoms with Crippen molar-refractivity contribution in [1.29, 1.82) is 0 Å². The summed E-state index contributed by atoms with van der Waals surface area (Å²) in [4.78, 5) is 21.3. The second kappa shape index (κ2) is 5.76. The molecule has 1 heterocycles. The van der Waals surface area contributed by atoms with Crippen molar-refractivity contribution in [3.63, 3.8) is 0 Å². The number of hydrogen-bond acceptors (Lipinski definition) is 5. The number of carboxylic acids is 1. The number of carbonyl (C=O) groups is 1. The molecule has 0 amide bonds. The van der Waals surface area contributed by atoms with E-state index in [0.29, 0.717) is 19.1 Å². The number of halogens is 1. The van der Waals surface area contributed by atoms with Crippen molar-refractivity contribution in [2.75, 3.05) is 6.61 Å². The highest BCUT2D eigenvalue weighted by molar-refractivity contribution is 8.00. The molecular weight excluding hydrogens is 289 g/mol. The molecule has 2 rings (SSSR count). The van der Waals surface area contributed by atoms with E-state index in [9.17, 15) is 19.3 Å². The Morgan fingerprint density at radius 2 is 2.30 bits per heavy atom. The molecule has 108 valence electrons. The maximum atomic E-state index is 13.5. The number of carboxylic acid groups (broad SMARTS) is 1. The van der Waals surface area contributed by atoms with Crippen molar-refractivity contribution in [3.05, 3.63) is 33.6 Å². The van der Waals surface area contributed by atoms with Crippen LogP contribution in [0, 0.1) is 15.9 Å². The van der Waals surface area contributed by atoms with Crippen LogP contribution in [0.3, 0.4) is 0 Å². The van der Waals surface area contributed by atoms with Crippen LogP contribution in [0.4, 0.5) is 10.1 Å². The number of hydrogen-bond donors (Lipinski definition) is 1. The lowest BCUT2D eigenvalue weighted by Gasteiger charge is -2.14. The van der Waals surface area contributed by atoms with E-state index in [2.05, 4.69) is 0 Å². The minimum Gasteiger partial charge on any atom is -0.478 e. The van der Waals surface area contributed by atoms with Gasteiger partial charge in [-0.1, -0.05) is 0 Å². The summed E-state index contributed by atoms with van der Waals surface area (Å²) in [6.45, 7) is 2.40. The Labute approximate surface area is 118 Å². The summed E-state index contributed by atoms with van der Waals surface area (Å²) in [5.41, 5.74) is -0.985. The topological polar surface area (TPSA) is 89.7 Å². The van der Waals surface area contributed by atoms with Crippen LogP contribution in [0.25, 0.3) is 0 Å². The van der Waals surface area contributed by atoms with Gasteiger partial charge >= 0.3 is 5.97 Å². The standard InChI is InChI=1S/C12H12FNO5S/c1-6-10(2-3-19-6)20-11-4-7(12(15)16)8(13)5-9(11)14(17)18/h4-6,10H,2-3H2,1H3,(H,15,16). The molecule has 1 saturated heterocycles. The van der Waals surface area contributed by atoms with E-state index in [1.54, 1.807) is 0 Å². The van der Waals surface area contributed by atoms with Gasteiger partial charge in [-0.05, 0) is 19.4 Å². The Hall–Kier alpha value is -1.67. The molecule has 2 atom stereocenters. The van der Waals surface area contributed by atoms with Crippen molar-refractivity contribution < 1.29 is 24.0 Å². The fraction of sp³-hybridized carbons (Fsp3) is 0.417. The quantitative estimate of drug-likeness (QED) is 0.679. The minimum atomic E-state index is -1.45. The third kappa shape index (κ3) is 2.91. The first-order valence-corrected chi connectivity index (χ1v) is 6.77. The smallest absolute Gasteiger partial charge is 0.338 e. The molecule has 1 fully saturated rings. The van der Waals surface area contributed by atoms with Crippen LogP contribution < -0.4 is 0 Å². The van der Waals surface area contributed by atoms with E-state index < -0.39 is 28.0 Å². The molecule has 1 aliphatic rings. The third-order valence-corrected chi connectivity index (χ3v) is 4.56. The number of nitrogens with zero attached hydrogens (tertiary/aromatic N) is 1. The number of ether oxygens (including phenoxy) is 1. The SMILES string of the molecule is CC1OCCC1Sc1cc(C(=O)O)c(F)cc1[N+](=O)[O-]. The van der Waals surface area contributed by atoms with Gasteiger partial charge < -0.3 is 9.84 Å². The molecule has 1 aromatic carbocycles. The second-order valence-corrected chi connectivity index (χ2v) is 5.66. The van der Waals surface area contributed by atoms with Crippen molar-refractivity contribution in [3.8, 4) is 0 Å². The number of aromatic carboxylic acids is 1. The highest BCUT2D eigenvalue weighted by Crippen LogP contribution is 2.38. The number of rotatable bonds is 4. The highest BCUT2D eigenvalue weighted by Gasteiger charge is 2.29. The summed E-state index contributed by atoms with van der Waals surface area (Å²) in [5.74, 6) is -2.56. The van der Waals surface area contributed by atoms with Gasteiger partial charge in [0.25, 0.3) is 5.69 Å². The van der Waals surface area contributed by atoms with Crippen LogP contribution in [0.5, 0.6) is 0 Å². The third-order valence-electron chi connectivity index (χ3n) is 3.06. The lowest BCUT2D eigenvalue weighted by Crippen LogP contribution is -2.13. The summed E-state index contributed by atoms with van der Waals surface area (Å²) >= 11 is 1.16. The average Bonchev–Trinajstić information content (AvgIpc) is 2.76. The first kappa shape index (κ1) is 14.7. The van der Waals surface area contributed by atoms with E-state index in [1.807, 2.05) is 6.92 Å². The number of nitro groups is 1. The maximum Gasteiger partial charge on any atom is 0.338 e. The average molecular weight is 301 g/mol. The van der Waals surface area contributed by atoms with E-state index in [1.165, 1.54) is 0 Å². The van der Waals surface area contributed by atoms with Gasteiger partial charge in [-0.2, -0.15) is 0 Å². The molecule has 6 nitrogen and oxygen atoms in total. The second-order valence-electron chi connectivity index (χ2n) is 4.38. The van der Waals surface area contributed by atoms with Crippen LogP contribution in [-0.4, -0.2) is 34.0 Å². The van der Waals surface area contributed by atoms with E-state index in [0.717, 1.165) is 17.8 Å². The first-order valence-electron chi connectivity index (χ1n) is 5.89. The Balaban J connectivity index is 2.40. The van der Waals surface area contributed by atoms with Crippen molar-refractivity contribution in [1.82, 2.24) is 0 Å². The predicted molar refractivity (Wildman–Crippen MR) is 69.7 cm³/mol. The fourth-order valence-electron chi connectivity index (χ4n) is 1.97. The Bertz CT molecular complexity index is 565. The summed E-state index contributed by atoms with van der Waals surface area (Å²) in [5, 5.41) is 19.8. The zero-order valence-electron chi connectivity index (χ0n) is 10.5. The van der Waals surface area contributed by atoms with Gasteiger partial charge in [0.05, 0.1) is 27.6 Å². The van der Waals surface area contributed by atoms with Crippen LogP contribution >= 0.6 is 11.8 Å². The van der Waals surface area contributed by atoms with Gasteiger partial charge in [-0.25, -0.2) is 9.18 Å². The van der Waals surface area contributed by atoms with E-state index in [-0.39, 0.29) is 16.2 Å². The van der Waals surface area contributed by atoms with Crippen LogP contribution in [0.1, 0.15) is 23.7 Å². The molecule has 0 saturated carbocycles. The lowest BCUT2D eigenvalue weighted by atomic mass is 10.2. The van der Waals surface area contributed by atoms with Gasteiger partial charge in [-0.3, -0.25) is 10.1 Å². The number of thioether (sulfide) groups is 1. The predicted octanol–water partition coefficient (Wildman–Crippen LogP) is 2.70. The minimum absolute atomic E-state index is 0.0131. The summed E-state index contributed by atoms with van der Waals surface area (Å²) in [6, 6.07) is 1.68. The molecular formula is C12H12FNO5S. The summed E-state index contributed by atoms with van der Waals surface area (Å²) in [6.07, 6.45) is 0.626. The lowest BCUT2D eigenvalue weighted by molar-refractivity contribution is -0.387. The van der Waals surface area contributed by atoms with Gasteiger partial charge in [-0.15, -0.1) is 11.8 Å². The summed E-state index contributed by atoms with van der Waals surface area (Å²) in [7, 11) is 0. The van der Waals surface area contributed by atoms with Gasteiger partial charge in [0.15, 0.2) is 0 Å². The molecule has 0 radical (unpaired) electrons. The van der Waals surface area contributed by atoms with Crippen molar-refractivity contribution >= 4 is 23.4 Å². The summed E-state index contributed by atoms with van der Waals surface area (Å²) < 4.78 is 18.9. The molecule has 2 unspecified atom stereocenters. The monoisotopic (exact) mass is 301 g/mol. The Morgan fingerprint density at radius 1 is 1.60 bits per heavy atom. The molecule has 0 aromatic heterocycles. The molecule has 1 N–H and O–H groups in total.